The molecule has 0 atom stereocenters. The number of benzene rings is 2. The van der Waals surface area contributed by atoms with Crippen molar-refractivity contribution < 1.29 is 9.45 Å². The van der Waals surface area contributed by atoms with Crippen LogP contribution in [0.25, 0.3) is 21.4 Å². The number of rotatable bonds is 5. The largest absolute Gasteiger partial charge is 0.355 e. The number of fused-ring (bicyclic) bond motifs is 1. The molecule has 0 aliphatic carbocycles. The van der Waals surface area contributed by atoms with E-state index in [1.165, 1.54) is 12.3 Å². The molecular weight excluding hydrogens is 314 g/mol. The molecule has 1 aromatic heterocycles. The normalized spacial score (nSPS) is 10.7. The fraction of sp³-hybridized carbons (Fsp3) is 0. The molecule has 0 saturated heterocycles. The maximum absolute atomic E-state index is 10.9. The molecule has 3 rings (SSSR count). The molecule has 0 saturated carbocycles. The van der Waals surface area contributed by atoms with Gasteiger partial charge < -0.3 is 4.52 Å². The molecule has 0 aliphatic rings. The Morgan fingerprint density at radius 1 is 1.33 bits per heavy atom. The summed E-state index contributed by atoms with van der Waals surface area (Å²) >= 11 is 0. The number of hydrazone groups is 1. The number of azide groups is 1. The van der Waals surface area contributed by atoms with Crippen molar-refractivity contribution in [3.63, 3.8) is 0 Å². The van der Waals surface area contributed by atoms with Crippen LogP contribution in [-0.4, -0.2) is 16.3 Å². The van der Waals surface area contributed by atoms with Gasteiger partial charge in [-0.3, -0.25) is 15.5 Å². The summed E-state index contributed by atoms with van der Waals surface area (Å²) in [6.45, 7) is 0. The summed E-state index contributed by atoms with van der Waals surface area (Å²) < 4.78 is 5.07. The van der Waals surface area contributed by atoms with Gasteiger partial charge in [0.15, 0.2) is 5.58 Å². The number of nitrogens with zero attached hydrogens (tertiary/aromatic N) is 6. The van der Waals surface area contributed by atoms with Gasteiger partial charge in [0.05, 0.1) is 34.0 Å². The molecule has 3 aromatic rings. The first kappa shape index (κ1) is 15.0. The van der Waals surface area contributed by atoms with Gasteiger partial charge in [-0.05, 0) is 17.7 Å². The van der Waals surface area contributed by atoms with Crippen LogP contribution in [0.4, 0.5) is 17.1 Å². The molecule has 118 valence electrons. The number of non-ortho nitro benzene ring substituents is 1. The first-order valence-corrected chi connectivity index (χ1v) is 6.66. The zero-order chi connectivity index (χ0) is 16.9. The van der Waals surface area contributed by atoms with Crippen molar-refractivity contribution in [2.24, 2.45) is 10.2 Å². The number of nitro groups is 1. The van der Waals surface area contributed by atoms with E-state index < -0.39 is 4.92 Å². The zero-order valence-corrected chi connectivity index (χ0v) is 12.0. The summed E-state index contributed by atoms with van der Waals surface area (Å²) in [7, 11) is 0. The fourth-order valence-corrected chi connectivity index (χ4v) is 2.06. The van der Waals surface area contributed by atoms with Crippen LogP contribution in [0.2, 0.25) is 0 Å². The van der Waals surface area contributed by atoms with E-state index in [4.69, 9.17) is 10.1 Å². The Balaban J connectivity index is 1.99. The summed E-state index contributed by atoms with van der Waals surface area (Å²) in [4.78, 5) is 13.0. The van der Waals surface area contributed by atoms with Crippen LogP contribution in [-0.2, 0) is 0 Å². The van der Waals surface area contributed by atoms with Crippen LogP contribution < -0.4 is 5.43 Å². The van der Waals surface area contributed by atoms with E-state index in [1.807, 2.05) is 30.3 Å². The Labute approximate surface area is 134 Å². The van der Waals surface area contributed by atoms with Gasteiger partial charge in [-0.25, -0.2) is 0 Å². The van der Waals surface area contributed by atoms with Gasteiger partial charge in [-0.2, -0.15) is 5.10 Å². The summed E-state index contributed by atoms with van der Waals surface area (Å²) in [6, 6.07) is 11.6. The highest BCUT2D eigenvalue weighted by Gasteiger charge is 2.17. The smallest absolute Gasteiger partial charge is 0.273 e. The van der Waals surface area contributed by atoms with Crippen LogP contribution in [0.15, 0.2) is 57.2 Å². The highest BCUT2D eigenvalue weighted by Crippen LogP contribution is 2.33. The summed E-state index contributed by atoms with van der Waals surface area (Å²) in [6.07, 6.45) is 1.38. The van der Waals surface area contributed by atoms with Crippen molar-refractivity contribution in [2.75, 3.05) is 5.43 Å². The number of nitro benzene ring substituents is 1. The van der Waals surface area contributed by atoms with Gasteiger partial charge in [0.1, 0.15) is 5.69 Å². The van der Waals surface area contributed by atoms with Gasteiger partial charge >= 0.3 is 0 Å². The second-order valence-corrected chi connectivity index (χ2v) is 4.59. The number of hydrogen-bond acceptors (Lipinski definition) is 7. The lowest BCUT2D eigenvalue weighted by Crippen LogP contribution is -1.91. The maximum atomic E-state index is 10.9. The van der Waals surface area contributed by atoms with Gasteiger partial charge in [-0.1, -0.05) is 28.5 Å². The maximum Gasteiger partial charge on any atom is 0.273 e. The highest BCUT2D eigenvalue weighted by molar-refractivity contribution is 6.03. The third-order valence-corrected chi connectivity index (χ3v) is 3.08. The molecule has 0 radical (unpaired) electrons. The molecule has 0 fully saturated rings. The lowest BCUT2D eigenvalue weighted by Gasteiger charge is -1.98. The summed E-state index contributed by atoms with van der Waals surface area (Å²) in [5.41, 5.74) is 12.4. The summed E-state index contributed by atoms with van der Waals surface area (Å²) in [5, 5.41) is 22.6. The Morgan fingerprint density at radius 2 is 2.12 bits per heavy atom. The van der Waals surface area contributed by atoms with Crippen molar-refractivity contribution in [3.05, 3.63) is 68.7 Å². The minimum atomic E-state index is -0.608. The average molecular weight is 323 g/mol. The van der Waals surface area contributed by atoms with Crippen molar-refractivity contribution in [3.8, 4) is 0 Å². The van der Waals surface area contributed by atoms with Gasteiger partial charge in [0.2, 0.25) is 0 Å². The number of aromatic nitrogens is 1. The van der Waals surface area contributed by atoms with Crippen LogP contribution in [0.3, 0.4) is 0 Å². The molecule has 1 heterocycles. The second-order valence-electron chi connectivity index (χ2n) is 4.59. The Bertz CT molecular complexity index is 975. The Morgan fingerprint density at radius 3 is 2.83 bits per heavy atom. The van der Waals surface area contributed by atoms with E-state index in [9.17, 15) is 10.1 Å². The molecule has 10 nitrogen and oxygen atoms in total. The highest BCUT2D eigenvalue weighted by atomic mass is 16.6. The summed E-state index contributed by atoms with van der Waals surface area (Å²) in [5.74, 6) is 0. The standard InChI is InChI=1S/C14H9N7O3/c15-20-18-11-6-10(21(22)23)7-13-14(11)12(19-24-13)8-16-17-9-4-2-1-3-5-9/h1-8,17H. The van der Waals surface area contributed by atoms with E-state index >= 15 is 0 Å². The minimum absolute atomic E-state index is 0.0455. The molecule has 0 bridgehead atoms. The number of anilines is 1. The van der Waals surface area contributed by atoms with Gasteiger partial charge in [-0.15, -0.1) is 0 Å². The molecule has 0 amide bonds. The number of para-hydroxylation sites is 1. The zero-order valence-electron chi connectivity index (χ0n) is 12.0. The van der Waals surface area contributed by atoms with E-state index in [2.05, 4.69) is 25.7 Å². The number of nitrogens with one attached hydrogen (secondary N) is 1. The van der Waals surface area contributed by atoms with E-state index in [0.717, 1.165) is 11.8 Å². The topological polar surface area (TPSA) is 142 Å². The third kappa shape index (κ3) is 2.98. The monoisotopic (exact) mass is 323 g/mol. The van der Waals surface area contributed by atoms with Gasteiger partial charge in [0, 0.05) is 11.0 Å². The van der Waals surface area contributed by atoms with E-state index in [-0.39, 0.29) is 22.7 Å². The van der Waals surface area contributed by atoms with Crippen LogP contribution in [0.1, 0.15) is 5.69 Å². The molecular formula is C14H9N7O3. The van der Waals surface area contributed by atoms with Crippen molar-refractivity contribution in [2.45, 2.75) is 0 Å². The fourth-order valence-electron chi connectivity index (χ4n) is 2.06. The molecule has 1 N–H and O–H groups in total. The SMILES string of the molecule is [N-]=[N+]=Nc1cc([N+](=O)[O-])cc2onc(C=NNc3ccccc3)c12. The van der Waals surface area contributed by atoms with Gasteiger partial charge in [0.25, 0.3) is 5.69 Å². The van der Waals surface area contributed by atoms with Crippen LogP contribution in [0, 0.1) is 10.1 Å². The second kappa shape index (κ2) is 6.46. The lowest BCUT2D eigenvalue weighted by molar-refractivity contribution is -0.384. The van der Waals surface area contributed by atoms with Crippen molar-refractivity contribution >= 4 is 34.2 Å². The first-order valence-electron chi connectivity index (χ1n) is 6.66. The van der Waals surface area contributed by atoms with Crippen LogP contribution in [0.5, 0.6) is 0 Å². The predicted molar refractivity (Wildman–Crippen MR) is 87.1 cm³/mol. The molecule has 0 unspecified atom stereocenters. The van der Waals surface area contributed by atoms with Crippen molar-refractivity contribution in [1.29, 1.82) is 0 Å². The van der Waals surface area contributed by atoms with Crippen LogP contribution >= 0.6 is 0 Å². The Hall–Kier alpha value is -3.91. The lowest BCUT2D eigenvalue weighted by atomic mass is 10.1. The first-order chi connectivity index (χ1) is 11.7. The average Bonchev–Trinajstić information content (AvgIpc) is 2.99. The van der Waals surface area contributed by atoms with Crippen molar-refractivity contribution in [1.82, 2.24) is 5.16 Å². The number of hydrogen-bond donors (Lipinski definition) is 1. The predicted octanol–water partition coefficient (Wildman–Crippen LogP) is 4.12. The minimum Gasteiger partial charge on any atom is -0.355 e. The van der Waals surface area contributed by atoms with E-state index in [0.29, 0.717) is 5.39 Å². The van der Waals surface area contributed by atoms with E-state index in [1.54, 1.807) is 0 Å². The quantitative estimate of drug-likeness (QED) is 0.187. The molecule has 0 spiro atoms. The third-order valence-electron chi connectivity index (χ3n) is 3.08. The molecule has 2 aromatic carbocycles. The molecule has 0 aliphatic heterocycles. The molecule has 24 heavy (non-hydrogen) atoms. The molecule has 10 heteroatoms. The Kier molecular flexibility index (Phi) is 4.04.